The molecule has 0 bridgehead atoms. The summed E-state index contributed by atoms with van der Waals surface area (Å²) >= 11 is 5.90. The van der Waals surface area contributed by atoms with Gasteiger partial charge in [0, 0.05) is 11.6 Å². The van der Waals surface area contributed by atoms with Crippen molar-refractivity contribution in [1.29, 1.82) is 0 Å². The Morgan fingerprint density at radius 3 is 2.70 bits per heavy atom. The van der Waals surface area contributed by atoms with Crippen molar-refractivity contribution in [2.45, 2.75) is 20.4 Å². The predicted octanol–water partition coefficient (Wildman–Crippen LogP) is 3.15. The third kappa shape index (κ3) is 4.53. The number of nitrogens with one attached hydrogen (secondary N) is 1. The Hall–Kier alpha value is -2.40. The lowest BCUT2D eigenvalue weighted by atomic mass is 10.1. The van der Waals surface area contributed by atoms with Crippen LogP contribution in [0.25, 0.3) is 0 Å². The number of amides is 1. The topological polar surface area (TPSA) is 68.3 Å². The number of hydrogen-bond acceptors (Lipinski definition) is 4. The molecule has 5 nitrogen and oxygen atoms in total. The van der Waals surface area contributed by atoms with E-state index in [4.69, 9.17) is 16.3 Å². The van der Waals surface area contributed by atoms with Crippen molar-refractivity contribution in [3.05, 3.63) is 63.9 Å². The van der Waals surface area contributed by atoms with E-state index in [0.29, 0.717) is 29.4 Å². The number of esters is 1. The van der Waals surface area contributed by atoms with Gasteiger partial charge in [-0.3, -0.25) is 4.79 Å². The number of benzene rings is 1. The molecule has 0 aliphatic carbocycles. The minimum atomic E-state index is -0.441. The third-order valence-corrected chi connectivity index (χ3v) is 3.39. The van der Waals surface area contributed by atoms with E-state index in [0.717, 1.165) is 5.56 Å². The lowest BCUT2D eigenvalue weighted by Crippen LogP contribution is -2.24. The fourth-order valence-electron chi connectivity index (χ4n) is 2.03. The fraction of sp³-hybridized carbons (Fsp3) is 0.235. The number of halogens is 1. The number of hydrogen-bond donors (Lipinski definition) is 1. The number of rotatable bonds is 5. The molecule has 0 fully saturated rings. The number of ether oxygens (including phenoxy) is 1. The van der Waals surface area contributed by atoms with Gasteiger partial charge in [0.15, 0.2) is 0 Å². The third-order valence-electron chi connectivity index (χ3n) is 3.16. The van der Waals surface area contributed by atoms with Crippen LogP contribution in [0.15, 0.2) is 36.4 Å². The molecule has 0 aliphatic heterocycles. The summed E-state index contributed by atoms with van der Waals surface area (Å²) < 4.78 is 4.93. The van der Waals surface area contributed by atoms with Gasteiger partial charge in [-0.1, -0.05) is 23.7 Å². The van der Waals surface area contributed by atoms with E-state index < -0.39 is 5.97 Å². The highest BCUT2D eigenvalue weighted by atomic mass is 35.5. The van der Waals surface area contributed by atoms with Crippen molar-refractivity contribution in [2.75, 3.05) is 6.61 Å². The Labute approximate surface area is 139 Å². The molecular formula is C17H17ClN2O3. The van der Waals surface area contributed by atoms with Gasteiger partial charge in [-0.15, -0.1) is 0 Å². The van der Waals surface area contributed by atoms with Gasteiger partial charge in [-0.05, 0) is 43.7 Å². The SMILES string of the molecule is CCOC(=O)c1ccc(C(=O)NCc2cccc(Cl)c2)nc1C. The van der Waals surface area contributed by atoms with Crippen LogP contribution < -0.4 is 5.32 Å². The Morgan fingerprint density at radius 2 is 2.04 bits per heavy atom. The summed E-state index contributed by atoms with van der Waals surface area (Å²) in [5, 5.41) is 3.38. The molecule has 2 aromatic rings. The van der Waals surface area contributed by atoms with Crippen LogP contribution in [0.4, 0.5) is 0 Å². The summed E-state index contributed by atoms with van der Waals surface area (Å²) in [5.41, 5.74) is 1.96. The normalized spacial score (nSPS) is 10.2. The summed E-state index contributed by atoms with van der Waals surface area (Å²) in [6.07, 6.45) is 0. The molecule has 6 heteroatoms. The monoisotopic (exact) mass is 332 g/mol. The van der Waals surface area contributed by atoms with Gasteiger partial charge in [0.1, 0.15) is 5.69 Å². The maximum Gasteiger partial charge on any atom is 0.339 e. The lowest BCUT2D eigenvalue weighted by molar-refractivity contribution is 0.0524. The van der Waals surface area contributed by atoms with Crippen LogP contribution in [0.3, 0.4) is 0 Å². The second kappa shape index (κ2) is 7.74. The maximum absolute atomic E-state index is 12.1. The minimum Gasteiger partial charge on any atom is -0.462 e. The van der Waals surface area contributed by atoms with Gasteiger partial charge in [-0.25, -0.2) is 9.78 Å². The Morgan fingerprint density at radius 1 is 1.26 bits per heavy atom. The van der Waals surface area contributed by atoms with Crippen LogP contribution in [-0.4, -0.2) is 23.5 Å². The van der Waals surface area contributed by atoms with E-state index in [1.807, 2.05) is 12.1 Å². The van der Waals surface area contributed by atoms with Crippen LogP contribution in [0.1, 0.15) is 39.0 Å². The second-order valence-corrected chi connectivity index (χ2v) is 5.30. The Balaban J connectivity index is 2.05. The zero-order valence-electron chi connectivity index (χ0n) is 12.9. The number of carbonyl (C=O) groups excluding carboxylic acids is 2. The number of aryl methyl sites for hydroxylation is 1. The van der Waals surface area contributed by atoms with Crippen molar-refractivity contribution >= 4 is 23.5 Å². The second-order valence-electron chi connectivity index (χ2n) is 4.86. The average molecular weight is 333 g/mol. The molecule has 0 aliphatic rings. The average Bonchev–Trinajstić information content (AvgIpc) is 2.52. The summed E-state index contributed by atoms with van der Waals surface area (Å²) in [6, 6.07) is 10.3. The summed E-state index contributed by atoms with van der Waals surface area (Å²) in [5.74, 6) is -0.758. The van der Waals surface area contributed by atoms with Gasteiger partial charge in [-0.2, -0.15) is 0 Å². The fourth-order valence-corrected chi connectivity index (χ4v) is 2.24. The van der Waals surface area contributed by atoms with E-state index in [-0.39, 0.29) is 11.6 Å². The molecule has 1 heterocycles. The largest absolute Gasteiger partial charge is 0.462 e. The summed E-state index contributed by atoms with van der Waals surface area (Å²) in [7, 11) is 0. The molecule has 1 amide bonds. The zero-order chi connectivity index (χ0) is 16.8. The highest BCUT2D eigenvalue weighted by Gasteiger charge is 2.14. The molecule has 120 valence electrons. The van der Waals surface area contributed by atoms with Crippen LogP contribution in [0, 0.1) is 6.92 Å². The standard InChI is InChI=1S/C17H17ClN2O3/c1-3-23-17(22)14-7-8-15(20-11(14)2)16(21)19-10-12-5-4-6-13(18)9-12/h4-9H,3,10H2,1-2H3,(H,19,21). The molecule has 1 aromatic heterocycles. The highest BCUT2D eigenvalue weighted by Crippen LogP contribution is 2.11. The van der Waals surface area contributed by atoms with E-state index in [1.165, 1.54) is 6.07 Å². The minimum absolute atomic E-state index is 0.248. The number of pyridine rings is 1. The Kier molecular flexibility index (Phi) is 5.71. The van der Waals surface area contributed by atoms with Crippen LogP contribution in [-0.2, 0) is 11.3 Å². The first-order chi connectivity index (χ1) is 11.0. The van der Waals surface area contributed by atoms with Crippen molar-refractivity contribution in [1.82, 2.24) is 10.3 Å². The molecule has 0 saturated carbocycles. The molecule has 0 unspecified atom stereocenters. The molecule has 0 atom stereocenters. The number of nitrogens with zero attached hydrogens (tertiary/aromatic N) is 1. The van der Waals surface area contributed by atoms with Gasteiger partial charge in [0.05, 0.1) is 17.9 Å². The van der Waals surface area contributed by atoms with Crippen molar-refractivity contribution < 1.29 is 14.3 Å². The van der Waals surface area contributed by atoms with Crippen LogP contribution in [0.2, 0.25) is 5.02 Å². The number of aromatic nitrogens is 1. The molecular weight excluding hydrogens is 316 g/mol. The van der Waals surface area contributed by atoms with E-state index >= 15 is 0 Å². The van der Waals surface area contributed by atoms with Gasteiger partial charge in [0.25, 0.3) is 5.91 Å². The quantitative estimate of drug-likeness (QED) is 0.854. The first-order valence-corrected chi connectivity index (χ1v) is 7.56. The highest BCUT2D eigenvalue weighted by molar-refractivity contribution is 6.30. The molecule has 0 radical (unpaired) electrons. The first-order valence-electron chi connectivity index (χ1n) is 7.18. The van der Waals surface area contributed by atoms with E-state index in [2.05, 4.69) is 10.3 Å². The number of carbonyl (C=O) groups is 2. The van der Waals surface area contributed by atoms with Gasteiger partial charge in [0.2, 0.25) is 0 Å². The Bertz CT molecular complexity index is 732. The maximum atomic E-state index is 12.1. The molecule has 2 rings (SSSR count). The first kappa shape index (κ1) is 17.0. The molecule has 1 N–H and O–H groups in total. The van der Waals surface area contributed by atoms with Gasteiger partial charge >= 0.3 is 5.97 Å². The van der Waals surface area contributed by atoms with E-state index in [9.17, 15) is 9.59 Å². The van der Waals surface area contributed by atoms with Gasteiger partial charge < -0.3 is 10.1 Å². The van der Waals surface area contributed by atoms with Crippen LogP contribution in [0.5, 0.6) is 0 Å². The van der Waals surface area contributed by atoms with Crippen molar-refractivity contribution in [3.8, 4) is 0 Å². The lowest BCUT2D eigenvalue weighted by Gasteiger charge is -2.08. The van der Waals surface area contributed by atoms with Crippen LogP contribution >= 0.6 is 11.6 Å². The zero-order valence-corrected chi connectivity index (χ0v) is 13.7. The van der Waals surface area contributed by atoms with E-state index in [1.54, 1.807) is 32.0 Å². The molecule has 1 aromatic carbocycles. The predicted molar refractivity (Wildman–Crippen MR) is 87.6 cm³/mol. The van der Waals surface area contributed by atoms with Crippen molar-refractivity contribution in [3.63, 3.8) is 0 Å². The molecule has 23 heavy (non-hydrogen) atoms. The summed E-state index contributed by atoms with van der Waals surface area (Å²) in [4.78, 5) is 28.0. The van der Waals surface area contributed by atoms with Crippen molar-refractivity contribution in [2.24, 2.45) is 0 Å². The smallest absolute Gasteiger partial charge is 0.339 e. The molecule has 0 saturated heterocycles. The summed E-state index contributed by atoms with van der Waals surface area (Å²) in [6.45, 7) is 4.04. The molecule has 0 spiro atoms.